The van der Waals surface area contributed by atoms with Gasteiger partial charge in [-0.15, -0.1) is 11.3 Å². The van der Waals surface area contributed by atoms with E-state index in [9.17, 15) is 0 Å². The minimum atomic E-state index is -0.452. The zero-order chi connectivity index (χ0) is 36.3. The standard InChI is InChI=1S/C52H34N2S/c1-4-14-35(15-5-1)36-24-27-40(28-25-36)54(49-33-31-45-44-30-26-37-16-10-11-21-42(37)50(44)55-51(45)53-49)41-29-32-48-46(34-41)43-22-12-13-23-47(43)52(48,38-17-6-2-7-18-38)39-19-8-3-9-20-39/h1-34H. The van der Waals surface area contributed by atoms with E-state index in [-0.39, 0.29) is 0 Å². The normalized spacial score (nSPS) is 12.9. The van der Waals surface area contributed by atoms with Crippen molar-refractivity contribution >= 4 is 59.6 Å². The third kappa shape index (κ3) is 4.90. The smallest absolute Gasteiger partial charge is 0.139 e. The van der Waals surface area contributed by atoms with Crippen molar-refractivity contribution in [1.82, 2.24) is 4.98 Å². The fourth-order valence-electron chi connectivity index (χ4n) is 8.92. The monoisotopic (exact) mass is 718 g/mol. The maximum Gasteiger partial charge on any atom is 0.139 e. The molecule has 0 N–H and O–H groups in total. The lowest BCUT2D eigenvalue weighted by Gasteiger charge is -2.34. The van der Waals surface area contributed by atoms with Gasteiger partial charge in [0.05, 0.1) is 5.41 Å². The molecule has 0 aliphatic heterocycles. The van der Waals surface area contributed by atoms with Crippen molar-refractivity contribution in [3.63, 3.8) is 0 Å². The molecule has 0 saturated heterocycles. The van der Waals surface area contributed by atoms with Crippen molar-refractivity contribution in [2.75, 3.05) is 4.90 Å². The van der Waals surface area contributed by atoms with Crippen LogP contribution in [0.5, 0.6) is 0 Å². The Bertz CT molecular complexity index is 2980. The zero-order valence-corrected chi connectivity index (χ0v) is 30.7. The van der Waals surface area contributed by atoms with Crippen LogP contribution in [0, 0.1) is 0 Å². The quantitative estimate of drug-likeness (QED) is 0.170. The number of pyridine rings is 1. The Hall–Kier alpha value is -6.81. The van der Waals surface area contributed by atoms with Crippen LogP contribution < -0.4 is 4.90 Å². The molecule has 55 heavy (non-hydrogen) atoms. The SMILES string of the molecule is c1ccc(-c2ccc(N(c3ccc4c(c3)-c3ccccc3C4(c3ccccc3)c3ccccc3)c3ccc4c(n3)sc3c5ccccc5ccc43)cc2)cc1. The Kier molecular flexibility index (Phi) is 7.29. The Morgan fingerprint density at radius 1 is 0.418 bits per heavy atom. The third-order valence-corrected chi connectivity index (χ3v) is 12.5. The highest BCUT2D eigenvalue weighted by atomic mass is 32.1. The molecule has 0 spiro atoms. The molecule has 1 aliphatic rings. The van der Waals surface area contributed by atoms with Gasteiger partial charge in [-0.05, 0) is 91.7 Å². The number of rotatable bonds is 6. The summed E-state index contributed by atoms with van der Waals surface area (Å²) >= 11 is 1.78. The van der Waals surface area contributed by atoms with Gasteiger partial charge in [-0.3, -0.25) is 4.90 Å². The minimum Gasteiger partial charge on any atom is -0.295 e. The molecule has 3 heteroatoms. The summed E-state index contributed by atoms with van der Waals surface area (Å²) in [5, 5.41) is 4.97. The molecular formula is C52H34N2S. The summed E-state index contributed by atoms with van der Waals surface area (Å²) in [4.78, 5) is 8.82. The van der Waals surface area contributed by atoms with Crippen LogP contribution in [0.2, 0.25) is 0 Å². The molecule has 0 unspecified atom stereocenters. The molecule has 2 heterocycles. The van der Waals surface area contributed by atoms with Crippen molar-refractivity contribution in [2.45, 2.75) is 5.41 Å². The van der Waals surface area contributed by atoms with E-state index in [0.717, 1.165) is 22.0 Å². The average Bonchev–Trinajstić information content (AvgIpc) is 3.79. The van der Waals surface area contributed by atoms with Gasteiger partial charge < -0.3 is 0 Å². The Balaban J connectivity index is 1.13. The molecule has 0 amide bonds. The van der Waals surface area contributed by atoms with E-state index >= 15 is 0 Å². The Morgan fingerprint density at radius 2 is 1.02 bits per heavy atom. The van der Waals surface area contributed by atoms with E-state index < -0.39 is 5.41 Å². The molecule has 10 aromatic rings. The number of anilines is 3. The van der Waals surface area contributed by atoms with Gasteiger partial charge in [0, 0.05) is 26.8 Å². The molecule has 0 radical (unpaired) electrons. The van der Waals surface area contributed by atoms with Gasteiger partial charge in [0.2, 0.25) is 0 Å². The summed E-state index contributed by atoms with van der Waals surface area (Å²) in [5.41, 5.74) is 11.7. The van der Waals surface area contributed by atoms with Gasteiger partial charge in [-0.2, -0.15) is 0 Å². The number of thiophene rings is 1. The molecule has 11 rings (SSSR count). The molecule has 0 bridgehead atoms. The number of fused-ring (bicyclic) bond motifs is 8. The van der Waals surface area contributed by atoms with E-state index in [2.05, 4.69) is 211 Å². The summed E-state index contributed by atoms with van der Waals surface area (Å²) in [6.07, 6.45) is 0. The van der Waals surface area contributed by atoms with Crippen LogP contribution >= 0.6 is 11.3 Å². The third-order valence-electron chi connectivity index (χ3n) is 11.4. The highest BCUT2D eigenvalue weighted by Gasteiger charge is 2.46. The van der Waals surface area contributed by atoms with Crippen LogP contribution in [0.3, 0.4) is 0 Å². The number of hydrogen-bond acceptors (Lipinski definition) is 3. The van der Waals surface area contributed by atoms with Crippen LogP contribution in [-0.2, 0) is 5.41 Å². The number of hydrogen-bond donors (Lipinski definition) is 0. The van der Waals surface area contributed by atoms with E-state index in [1.165, 1.54) is 70.8 Å². The molecular weight excluding hydrogens is 685 g/mol. The minimum absolute atomic E-state index is 0.452. The second kappa shape index (κ2) is 12.7. The molecule has 8 aromatic carbocycles. The van der Waals surface area contributed by atoms with E-state index in [4.69, 9.17) is 4.98 Å². The molecule has 2 aromatic heterocycles. The maximum atomic E-state index is 5.46. The van der Waals surface area contributed by atoms with Crippen molar-refractivity contribution in [2.24, 2.45) is 0 Å². The van der Waals surface area contributed by atoms with Crippen LogP contribution in [0.15, 0.2) is 206 Å². The highest BCUT2D eigenvalue weighted by Crippen LogP contribution is 2.57. The zero-order valence-electron chi connectivity index (χ0n) is 29.9. The van der Waals surface area contributed by atoms with E-state index in [1.54, 1.807) is 11.3 Å². The average molecular weight is 719 g/mol. The summed E-state index contributed by atoms with van der Waals surface area (Å²) in [5.74, 6) is 0.888. The van der Waals surface area contributed by atoms with Gasteiger partial charge in [-0.25, -0.2) is 4.98 Å². The van der Waals surface area contributed by atoms with E-state index in [1.807, 2.05) is 0 Å². The molecule has 1 aliphatic carbocycles. The van der Waals surface area contributed by atoms with Crippen molar-refractivity contribution in [3.05, 3.63) is 229 Å². The number of aromatic nitrogens is 1. The number of nitrogens with zero attached hydrogens (tertiary/aromatic N) is 2. The van der Waals surface area contributed by atoms with Gasteiger partial charge in [0.15, 0.2) is 0 Å². The number of benzene rings is 8. The summed E-state index contributed by atoms with van der Waals surface area (Å²) in [7, 11) is 0. The maximum absolute atomic E-state index is 5.46. The predicted octanol–water partition coefficient (Wildman–Crippen LogP) is 14.1. The molecule has 2 nitrogen and oxygen atoms in total. The van der Waals surface area contributed by atoms with Crippen molar-refractivity contribution in [3.8, 4) is 22.3 Å². The van der Waals surface area contributed by atoms with Crippen molar-refractivity contribution < 1.29 is 0 Å². The first-order valence-electron chi connectivity index (χ1n) is 18.8. The van der Waals surface area contributed by atoms with Crippen LogP contribution in [0.25, 0.3) is 53.3 Å². The molecule has 258 valence electrons. The molecule has 0 atom stereocenters. The topological polar surface area (TPSA) is 16.1 Å². The van der Waals surface area contributed by atoms with Gasteiger partial charge in [0.25, 0.3) is 0 Å². The highest BCUT2D eigenvalue weighted by molar-refractivity contribution is 7.26. The summed E-state index contributed by atoms with van der Waals surface area (Å²) in [6.45, 7) is 0. The fourth-order valence-corrected chi connectivity index (χ4v) is 10.1. The van der Waals surface area contributed by atoms with Gasteiger partial charge in [-0.1, -0.05) is 170 Å². The lowest BCUT2D eigenvalue weighted by Crippen LogP contribution is -2.28. The second-order valence-corrected chi connectivity index (χ2v) is 15.3. The lowest BCUT2D eigenvalue weighted by molar-refractivity contribution is 0.768. The predicted molar refractivity (Wildman–Crippen MR) is 232 cm³/mol. The van der Waals surface area contributed by atoms with Crippen LogP contribution in [0.1, 0.15) is 22.3 Å². The van der Waals surface area contributed by atoms with E-state index in [0.29, 0.717) is 0 Å². The van der Waals surface area contributed by atoms with Gasteiger partial charge in [0.1, 0.15) is 10.6 Å². The van der Waals surface area contributed by atoms with Crippen LogP contribution in [-0.4, -0.2) is 4.98 Å². The second-order valence-electron chi connectivity index (χ2n) is 14.3. The first-order chi connectivity index (χ1) is 27.3. The lowest BCUT2D eigenvalue weighted by atomic mass is 9.68. The fraction of sp³-hybridized carbons (Fsp3) is 0.0192. The molecule has 0 saturated carbocycles. The Labute approximate surface area is 324 Å². The van der Waals surface area contributed by atoms with Crippen LogP contribution in [0.4, 0.5) is 17.2 Å². The summed E-state index contributed by atoms with van der Waals surface area (Å²) < 4.78 is 1.28. The first-order valence-corrected chi connectivity index (χ1v) is 19.6. The van der Waals surface area contributed by atoms with Crippen molar-refractivity contribution in [1.29, 1.82) is 0 Å². The first kappa shape index (κ1) is 31.7. The largest absolute Gasteiger partial charge is 0.295 e. The summed E-state index contributed by atoms with van der Waals surface area (Å²) in [6, 6.07) is 75.0. The molecule has 0 fully saturated rings. The van der Waals surface area contributed by atoms with Gasteiger partial charge >= 0.3 is 0 Å². The Morgan fingerprint density at radius 3 is 1.78 bits per heavy atom.